The Morgan fingerprint density at radius 2 is 2.14 bits per heavy atom. The molecule has 5 nitrogen and oxygen atoms in total. The molecule has 1 N–H and O–H groups in total. The molecular weight excluding hydrogens is 268 g/mol. The smallest absolute Gasteiger partial charge is 0.217 e. The highest BCUT2D eigenvalue weighted by molar-refractivity contribution is 5.41. The Balaban J connectivity index is 1.92. The van der Waals surface area contributed by atoms with Gasteiger partial charge >= 0.3 is 0 Å². The van der Waals surface area contributed by atoms with E-state index >= 15 is 0 Å². The topological polar surface area (TPSA) is 56.5 Å². The van der Waals surface area contributed by atoms with Crippen LogP contribution in [0.4, 0.5) is 0 Å². The average Bonchev–Trinajstić information content (AvgIpc) is 3.22. The van der Waals surface area contributed by atoms with Crippen molar-refractivity contribution in [2.45, 2.75) is 32.0 Å². The SMILES string of the molecule is COc1c(C(O)c2cccc(OC3CC3)c2)c(C)nn1C. The zero-order valence-electron chi connectivity index (χ0n) is 12.5. The predicted octanol–water partition coefficient (Wildman–Crippen LogP) is 2.36. The summed E-state index contributed by atoms with van der Waals surface area (Å²) in [7, 11) is 3.38. The summed E-state index contributed by atoms with van der Waals surface area (Å²) in [5.41, 5.74) is 2.24. The fraction of sp³-hybridized carbons (Fsp3) is 0.438. The van der Waals surface area contributed by atoms with Gasteiger partial charge in [0.25, 0.3) is 0 Å². The van der Waals surface area contributed by atoms with Crippen molar-refractivity contribution in [2.75, 3.05) is 7.11 Å². The minimum atomic E-state index is -0.781. The van der Waals surface area contributed by atoms with E-state index in [4.69, 9.17) is 9.47 Å². The van der Waals surface area contributed by atoms with Gasteiger partial charge in [0.2, 0.25) is 5.88 Å². The Morgan fingerprint density at radius 3 is 2.81 bits per heavy atom. The first-order valence-electron chi connectivity index (χ1n) is 7.12. The Kier molecular flexibility index (Phi) is 3.59. The molecule has 1 aliphatic rings. The average molecular weight is 288 g/mol. The van der Waals surface area contributed by atoms with Crippen molar-refractivity contribution < 1.29 is 14.6 Å². The third-order valence-electron chi connectivity index (χ3n) is 3.68. The van der Waals surface area contributed by atoms with E-state index < -0.39 is 6.10 Å². The Labute approximate surface area is 124 Å². The van der Waals surface area contributed by atoms with Gasteiger partial charge in [0.1, 0.15) is 11.9 Å². The first-order valence-corrected chi connectivity index (χ1v) is 7.12. The van der Waals surface area contributed by atoms with Crippen molar-refractivity contribution in [2.24, 2.45) is 7.05 Å². The van der Waals surface area contributed by atoms with Crippen LogP contribution >= 0.6 is 0 Å². The molecule has 1 saturated carbocycles. The molecule has 3 rings (SSSR count). The molecule has 0 radical (unpaired) electrons. The maximum absolute atomic E-state index is 10.7. The number of hydrogen-bond donors (Lipinski definition) is 1. The molecule has 1 atom stereocenters. The first-order chi connectivity index (χ1) is 10.1. The summed E-state index contributed by atoms with van der Waals surface area (Å²) in [6.07, 6.45) is 1.79. The Hall–Kier alpha value is -2.01. The number of methoxy groups -OCH3 is 1. The molecule has 2 aromatic rings. The van der Waals surface area contributed by atoms with Gasteiger partial charge in [0.05, 0.1) is 24.5 Å². The lowest BCUT2D eigenvalue weighted by Gasteiger charge is -2.14. The number of ether oxygens (including phenoxy) is 2. The highest BCUT2D eigenvalue weighted by atomic mass is 16.5. The first kappa shape index (κ1) is 13.9. The molecule has 0 aliphatic heterocycles. The molecule has 1 aromatic heterocycles. The van der Waals surface area contributed by atoms with Crippen LogP contribution in [0.5, 0.6) is 11.6 Å². The summed E-state index contributed by atoms with van der Waals surface area (Å²) in [5.74, 6) is 1.38. The second-order valence-corrected chi connectivity index (χ2v) is 5.42. The van der Waals surface area contributed by atoms with Crippen LogP contribution in [0, 0.1) is 6.92 Å². The van der Waals surface area contributed by atoms with Crippen LogP contribution in [0.3, 0.4) is 0 Å². The second kappa shape index (κ2) is 5.41. The number of hydrogen-bond acceptors (Lipinski definition) is 4. The van der Waals surface area contributed by atoms with Crippen molar-refractivity contribution in [1.82, 2.24) is 9.78 Å². The van der Waals surface area contributed by atoms with Gasteiger partial charge < -0.3 is 14.6 Å². The van der Waals surface area contributed by atoms with E-state index in [1.54, 1.807) is 18.8 Å². The molecule has 0 spiro atoms. The van der Waals surface area contributed by atoms with Gasteiger partial charge in [-0.2, -0.15) is 5.10 Å². The fourth-order valence-electron chi connectivity index (χ4n) is 2.51. The summed E-state index contributed by atoms with van der Waals surface area (Å²) in [6.45, 7) is 1.87. The lowest BCUT2D eigenvalue weighted by Crippen LogP contribution is -2.04. The third-order valence-corrected chi connectivity index (χ3v) is 3.68. The van der Waals surface area contributed by atoms with E-state index in [-0.39, 0.29) is 0 Å². The molecule has 1 heterocycles. The summed E-state index contributed by atoms with van der Waals surface area (Å²) < 4.78 is 12.8. The number of rotatable bonds is 5. The van der Waals surface area contributed by atoms with E-state index in [2.05, 4.69) is 5.10 Å². The molecule has 112 valence electrons. The summed E-state index contributed by atoms with van der Waals surface area (Å²) in [6, 6.07) is 7.58. The molecule has 1 fully saturated rings. The summed E-state index contributed by atoms with van der Waals surface area (Å²) in [4.78, 5) is 0. The molecular formula is C16H20N2O3. The van der Waals surface area contributed by atoms with Crippen molar-refractivity contribution in [3.05, 3.63) is 41.1 Å². The van der Waals surface area contributed by atoms with Gasteiger partial charge in [0, 0.05) is 7.05 Å². The van der Waals surface area contributed by atoms with Gasteiger partial charge in [-0.05, 0) is 37.5 Å². The van der Waals surface area contributed by atoms with Crippen molar-refractivity contribution in [1.29, 1.82) is 0 Å². The number of nitrogens with zero attached hydrogens (tertiary/aromatic N) is 2. The van der Waals surface area contributed by atoms with Crippen molar-refractivity contribution in [3.63, 3.8) is 0 Å². The van der Waals surface area contributed by atoms with Crippen molar-refractivity contribution >= 4 is 0 Å². The lowest BCUT2D eigenvalue weighted by molar-refractivity contribution is 0.212. The van der Waals surface area contributed by atoms with Crippen LogP contribution in [0.2, 0.25) is 0 Å². The largest absolute Gasteiger partial charge is 0.490 e. The molecule has 0 bridgehead atoms. The zero-order chi connectivity index (χ0) is 15.0. The summed E-state index contributed by atoms with van der Waals surface area (Å²) in [5, 5.41) is 15.0. The van der Waals surface area contributed by atoms with Crippen LogP contribution in [0.15, 0.2) is 24.3 Å². The molecule has 0 saturated heterocycles. The monoisotopic (exact) mass is 288 g/mol. The highest BCUT2D eigenvalue weighted by Gasteiger charge is 2.25. The van der Waals surface area contributed by atoms with Crippen LogP contribution in [-0.4, -0.2) is 28.1 Å². The number of aliphatic hydroxyl groups excluding tert-OH is 1. The maximum atomic E-state index is 10.7. The molecule has 1 aliphatic carbocycles. The van der Waals surface area contributed by atoms with E-state index in [0.29, 0.717) is 17.5 Å². The standard InChI is InChI=1S/C16H20N2O3/c1-10-14(16(20-3)18(2)17-10)15(19)11-5-4-6-13(9-11)21-12-7-8-12/h4-6,9,12,15,19H,7-8H2,1-3H3. The molecule has 1 unspecified atom stereocenters. The predicted molar refractivity (Wildman–Crippen MR) is 78.7 cm³/mol. The van der Waals surface area contributed by atoms with E-state index in [1.165, 1.54) is 0 Å². The lowest BCUT2D eigenvalue weighted by atomic mass is 10.0. The Bertz CT molecular complexity index is 647. The second-order valence-electron chi connectivity index (χ2n) is 5.42. The van der Waals surface area contributed by atoms with Crippen LogP contribution in [-0.2, 0) is 7.05 Å². The van der Waals surface area contributed by atoms with Crippen molar-refractivity contribution in [3.8, 4) is 11.6 Å². The van der Waals surface area contributed by atoms with Gasteiger partial charge in [0.15, 0.2) is 0 Å². The maximum Gasteiger partial charge on any atom is 0.217 e. The number of aromatic nitrogens is 2. The number of aliphatic hydroxyl groups is 1. The molecule has 5 heteroatoms. The summed E-state index contributed by atoms with van der Waals surface area (Å²) >= 11 is 0. The van der Waals surface area contributed by atoms with Crippen LogP contribution < -0.4 is 9.47 Å². The third kappa shape index (κ3) is 2.74. The van der Waals surface area contributed by atoms with Gasteiger partial charge in [-0.3, -0.25) is 0 Å². The van der Waals surface area contributed by atoms with E-state index in [1.807, 2.05) is 31.2 Å². The number of aryl methyl sites for hydroxylation is 2. The van der Waals surface area contributed by atoms with Gasteiger partial charge in [-0.25, -0.2) is 4.68 Å². The fourth-order valence-corrected chi connectivity index (χ4v) is 2.51. The van der Waals surface area contributed by atoms with E-state index in [0.717, 1.165) is 29.8 Å². The van der Waals surface area contributed by atoms with Gasteiger partial charge in [-0.15, -0.1) is 0 Å². The molecule has 0 amide bonds. The minimum Gasteiger partial charge on any atom is -0.490 e. The molecule has 21 heavy (non-hydrogen) atoms. The van der Waals surface area contributed by atoms with Crippen LogP contribution in [0.1, 0.15) is 35.8 Å². The zero-order valence-corrected chi connectivity index (χ0v) is 12.5. The normalized spacial score (nSPS) is 15.8. The van der Waals surface area contributed by atoms with Gasteiger partial charge in [-0.1, -0.05) is 12.1 Å². The van der Waals surface area contributed by atoms with E-state index in [9.17, 15) is 5.11 Å². The Morgan fingerprint density at radius 1 is 1.38 bits per heavy atom. The minimum absolute atomic E-state index is 0.340. The highest BCUT2D eigenvalue weighted by Crippen LogP contribution is 2.34. The quantitative estimate of drug-likeness (QED) is 0.917. The molecule has 1 aromatic carbocycles. The number of benzene rings is 1. The van der Waals surface area contributed by atoms with Crippen LogP contribution in [0.25, 0.3) is 0 Å².